The number of fused-ring (bicyclic) bond motifs is 1. The average molecular weight is 436 g/mol. The molecule has 0 saturated heterocycles. The third-order valence-corrected chi connectivity index (χ3v) is 5.21. The van der Waals surface area contributed by atoms with Crippen molar-refractivity contribution in [1.82, 2.24) is 10.3 Å². The van der Waals surface area contributed by atoms with E-state index in [1.807, 2.05) is 0 Å². The van der Waals surface area contributed by atoms with E-state index >= 15 is 0 Å². The summed E-state index contributed by atoms with van der Waals surface area (Å²) in [6, 6.07) is 11.2. The summed E-state index contributed by atoms with van der Waals surface area (Å²) < 4.78 is 5.08. The minimum absolute atomic E-state index is 0.0295. The van der Waals surface area contributed by atoms with Crippen molar-refractivity contribution in [3.63, 3.8) is 0 Å². The number of rotatable bonds is 4. The van der Waals surface area contributed by atoms with Crippen LogP contribution in [0.4, 0.5) is 21.0 Å². The maximum absolute atomic E-state index is 12.3. The lowest BCUT2D eigenvalue weighted by Gasteiger charge is -2.38. The molecule has 0 bridgehead atoms. The predicted molar refractivity (Wildman–Crippen MR) is 115 cm³/mol. The molecule has 0 saturated carbocycles. The number of hydrogen-bond acceptors (Lipinski definition) is 5. The van der Waals surface area contributed by atoms with Crippen molar-refractivity contribution in [3.8, 4) is 11.1 Å². The lowest BCUT2D eigenvalue weighted by atomic mass is 10.00. The number of carboxylic acid groups (broad SMARTS) is 2. The van der Waals surface area contributed by atoms with Crippen molar-refractivity contribution < 1.29 is 29.0 Å². The number of hydrogen-bond donors (Lipinski definition) is 3. The molecule has 32 heavy (non-hydrogen) atoms. The first-order chi connectivity index (χ1) is 15.3. The normalized spacial score (nSPS) is 15.2. The molecule has 0 unspecified atom stereocenters. The minimum Gasteiger partial charge on any atom is -0.465 e. The van der Waals surface area contributed by atoms with Gasteiger partial charge in [0.2, 0.25) is 5.89 Å². The fraction of sp³-hybridized carbons (Fsp3) is 0.182. The third-order valence-electron chi connectivity index (χ3n) is 5.21. The van der Waals surface area contributed by atoms with Crippen molar-refractivity contribution >= 4 is 29.5 Å². The lowest BCUT2D eigenvalue weighted by molar-refractivity contribution is 0.0947. The van der Waals surface area contributed by atoms with Crippen LogP contribution < -0.4 is 15.1 Å². The molecule has 0 aliphatic carbocycles. The van der Waals surface area contributed by atoms with E-state index < -0.39 is 18.2 Å². The molecule has 10 nitrogen and oxygen atoms in total. The molecular formula is C22H20N4O6. The lowest BCUT2D eigenvalue weighted by Crippen LogP contribution is -2.51. The Morgan fingerprint density at radius 1 is 1.06 bits per heavy atom. The molecule has 3 amide bonds. The quantitative estimate of drug-likeness (QED) is 0.568. The molecule has 1 aromatic heterocycles. The fourth-order valence-electron chi connectivity index (χ4n) is 3.69. The van der Waals surface area contributed by atoms with Crippen molar-refractivity contribution in [1.29, 1.82) is 0 Å². The zero-order chi connectivity index (χ0) is 22.8. The van der Waals surface area contributed by atoms with E-state index in [0.29, 0.717) is 28.4 Å². The van der Waals surface area contributed by atoms with Crippen LogP contribution in [0.25, 0.3) is 11.1 Å². The van der Waals surface area contributed by atoms with E-state index in [9.17, 15) is 24.6 Å². The first-order valence-corrected chi connectivity index (χ1v) is 9.79. The van der Waals surface area contributed by atoms with E-state index in [1.54, 1.807) is 49.4 Å². The number of nitrogens with zero attached hydrogens (tertiary/aromatic N) is 3. The Kier molecular flexibility index (Phi) is 5.50. The Morgan fingerprint density at radius 3 is 2.41 bits per heavy atom. The highest BCUT2D eigenvalue weighted by atomic mass is 16.4. The molecule has 0 fully saturated rings. The number of aromatic nitrogens is 1. The number of carbonyl (C=O) groups excluding carboxylic acids is 1. The largest absolute Gasteiger partial charge is 0.465 e. The molecule has 10 heteroatoms. The second-order valence-electron chi connectivity index (χ2n) is 7.28. The highest BCUT2D eigenvalue weighted by Gasteiger charge is 2.35. The molecule has 4 rings (SSSR count). The fourth-order valence-corrected chi connectivity index (χ4v) is 3.69. The SMILES string of the molecule is C[C@H]1CN(C(=O)O)c2cc(-c3ccc(C(=O)NCc4ncco4)cc3)ccc2N1C(=O)O. The van der Waals surface area contributed by atoms with Gasteiger partial charge in [-0.15, -0.1) is 0 Å². The van der Waals surface area contributed by atoms with Gasteiger partial charge in [-0.25, -0.2) is 14.6 Å². The van der Waals surface area contributed by atoms with Crippen LogP contribution in [0.5, 0.6) is 0 Å². The molecule has 2 heterocycles. The van der Waals surface area contributed by atoms with Gasteiger partial charge in [-0.3, -0.25) is 14.6 Å². The summed E-state index contributed by atoms with van der Waals surface area (Å²) in [5.74, 6) is 0.111. The van der Waals surface area contributed by atoms with Crippen LogP contribution >= 0.6 is 0 Å². The van der Waals surface area contributed by atoms with Gasteiger partial charge >= 0.3 is 12.2 Å². The van der Waals surface area contributed by atoms with Gasteiger partial charge in [-0.05, 0) is 42.3 Å². The summed E-state index contributed by atoms with van der Waals surface area (Å²) in [6.07, 6.45) is 0.628. The Hall–Kier alpha value is -4.34. The molecular weight excluding hydrogens is 416 g/mol. The molecule has 0 spiro atoms. The van der Waals surface area contributed by atoms with Crippen molar-refractivity contribution in [2.75, 3.05) is 16.3 Å². The second kappa shape index (κ2) is 8.42. The average Bonchev–Trinajstić information content (AvgIpc) is 3.30. The summed E-state index contributed by atoms with van der Waals surface area (Å²) >= 11 is 0. The Labute approximate surface area is 182 Å². The molecule has 1 aliphatic rings. The summed E-state index contributed by atoms with van der Waals surface area (Å²) in [5.41, 5.74) is 2.49. The first-order valence-electron chi connectivity index (χ1n) is 9.79. The van der Waals surface area contributed by atoms with Crippen LogP contribution in [0, 0.1) is 0 Å². The van der Waals surface area contributed by atoms with Crippen LogP contribution in [-0.2, 0) is 6.54 Å². The van der Waals surface area contributed by atoms with Crippen LogP contribution in [0.2, 0.25) is 0 Å². The Balaban J connectivity index is 1.59. The van der Waals surface area contributed by atoms with Crippen LogP contribution in [-0.4, -0.2) is 45.9 Å². The summed E-state index contributed by atoms with van der Waals surface area (Å²) in [7, 11) is 0. The Morgan fingerprint density at radius 2 is 1.78 bits per heavy atom. The molecule has 3 aromatic rings. The van der Waals surface area contributed by atoms with Crippen LogP contribution in [0.3, 0.4) is 0 Å². The summed E-state index contributed by atoms with van der Waals surface area (Å²) in [6.45, 7) is 1.86. The molecule has 3 N–H and O–H groups in total. The van der Waals surface area contributed by atoms with Gasteiger partial charge in [0.1, 0.15) is 6.26 Å². The highest BCUT2D eigenvalue weighted by molar-refractivity contribution is 6.01. The third kappa shape index (κ3) is 3.97. The van der Waals surface area contributed by atoms with Crippen molar-refractivity contribution in [2.45, 2.75) is 19.5 Å². The number of nitrogens with one attached hydrogen (secondary N) is 1. The number of benzene rings is 2. The number of amides is 3. The van der Waals surface area contributed by atoms with Gasteiger partial charge in [0, 0.05) is 5.56 Å². The van der Waals surface area contributed by atoms with E-state index in [1.165, 1.54) is 17.4 Å². The van der Waals surface area contributed by atoms with Crippen LogP contribution in [0.1, 0.15) is 23.2 Å². The van der Waals surface area contributed by atoms with Crippen molar-refractivity contribution in [3.05, 3.63) is 66.4 Å². The summed E-state index contributed by atoms with van der Waals surface area (Å²) in [4.78, 5) is 42.0. The zero-order valence-electron chi connectivity index (χ0n) is 17.1. The predicted octanol–water partition coefficient (Wildman–Crippen LogP) is 3.64. The monoisotopic (exact) mass is 436 g/mol. The molecule has 1 aliphatic heterocycles. The molecule has 164 valence electrons. The number of carbonyl (C=O) groups is 3. The van der Waals surface area contributed by atoms with E-state index in [4.69, 9.17) is 4.42 Å². The first kappa shape index (κ1) is 20.9. The van der Waals surface area contributed by atoms with Gasteiger partial charge in [0.25, 0.3) is 5.91 Å². The maximum atomic E-state index is 12.3. The van der Waals surface area contributed by atoms with E-state index in [-0.39, 0.29) is 19.0 Å². The van der Waals surface area contributed by atoms with Crippen LogP contribution in [0.15, 0.2) is 59.3 Å². The van der Waals surface area contributed by atoms with Gasteiger partial charge < -0.3 is 19.9 Å². The highest BCUT2D eigenvalue weighted by Crippen LogP contribution is 2.38. The molecule has 2 aromatic carbocycles. The molecule has 0 radical (unpaired) electrons. The number of anilines is 2. The zero-order valence-corrected chi connectivity index (χ0v) is 17.1. The maximum Gasteiger partial charge on any atom is 0.412 e. The second-order valence-corrected chi connectivity index (χ2v) is 7.28. The van der Waals surface area contributed by atoms with Gasteiger partial charge in [-0.2, -0.15) is 0 Å². The van der Waals surface area contributed by atoms with E-state index in [2.05, 4.69) is 10.3 Å². The van der Waals surface area contributed by atoms with Gasteiger partial charge in [-0.1, -0.05) is 18.2 Å². The van der Waals surface area contributed by atoms with E-state index in [0.717, 1.165) is 10.5 Å². The Bertz CT molecular complexity index is 1160. The smallest absolute Gasteiger partial charge is 0.412 e. The standard InChI is InChI=1S/C22H20N4O6/c1-13-12-25(21(28)29)18-10-16(6-7-17(18)26(13)22(30)31)14-2-4-15(5-3-14)20(27)24-11-19-23-8-9-32-19/h2-10,13H,11-12H2,1H3,(H,24,27)(H,28,29)(H,30,31)/t13-/m0/s1. The number of oxazole rings is 1. The molecule has 1 atom stereocenters. The van der Waals surface area contributed by atoms with Gasteiger partial charge in [0.15, 0.2) is 0 Å². The minimum atomic E-state index is -1.15. The topological polar surface area (TPSA) is 136 Å². The summed E-state index contributed by atoms with van der Waals surface area (Å²) in [5, 5.41) is 21.9. The van der Waals surface area contributed by atoms with Crippen molar-refractivity contribution in [2.24, 2.45) is 0 Å². The van der Waals surface area contributed by atoms with Gasteiger partial charge in [0.05, 0.1) is 36.7 Å².